The number of nitrogens with zero attached hydrogens (tertiary/aromatic N) is 1. The van der Waals surface area contributed by atoms with Gasteiger partial charge >= 0.3 is 0 Å². The van der Waals surface area contributed by atoms with E-state index in [0.717, 1.165) is 24.2 Å². The summed E-state index contributed by atoms with van der Waals surface area (Å²) in [4.78, 5) is 0. The fraction of sp³-hybridized carbons (Fsp3) is 0.128. The van der Waals surface area contributed by atoms with Crippen LogP contribution in [0.25, 0.3) is 49.8 Å². The van der Waals surface area contributed by atoms with Crippen LogP contribution in [-0.4, -0.2) is 4.57 Å². The van der Waals surface area contributed by atoms with Crippen LogP contribution >= 0.6 is 0 Å². The molecule has 0 radical (unpaired) electrons. The Bertz CT molecular complexity index is 2030. The zero-order valence-corrected chi connectivity index (χ0v) is 23.5. The molecule has 2 aliphatic rings. The largest absolute Gasteiger partial charge is 0.356 e. The summed E-state index contributed by atoms with van der Waals surface area (Å²) in [5, 5.41) is 6.24. The Labute approximate surface area is 241 Å². The van der Waals surface area contributed by atoms with Crippen LogP contribution in [0, 0.1) is 0 Å². The van der Waals surface area contributed by atoms with Gasteiger partial charge in [0.1, 0.15) is 0 Å². The molecule has 0 fully saturated rings. The van der Waals surface area contributed by atoms with Crippen molar-refractivity contribution in [2.75, 3.05) is 5.32 Å². The molecule has 0 spiro atoms. The first-order valence-electron chi connectivity index (χ1n) is 14.6. The van der Waals surface area contributed by atoms with Crippen LogP contribution in [0.5, 0.6) is 0 Å². The first-order valence-corrected chi connectivity index (χ1v) is 14.6. The Kier molecular flexibility index (Phi) is 5.33. The van der Waals surface area contributed by atoms with E-state index in [4.69, 9.17) is 0 Å². The van der Waals surface area contributed by atoms with Gasteiger partial charge in [0.2, 0.25) is 0 Å². The van der Waals surface area contributed by atoms with Gasteiger partial charge in [0.25, 0.3) is 0 Å². The second-order valence-corrected chi connectivity index (χ2v) is 11.8. The summed E-state index contributed by atoms with van der Waals surface area (Å²) in [5.41, 5.74) is 13.9. The Hall–Kier alpha value is -4.82. The second kappa shape index (κ2) is 9.11. The van der Waals surface area contributed by atoms with Crippen molar-refractivity contribution in [2.24, 2.45) is 0 Å². The van der Waals surface area contributed by atoms with E-state index in [1.54, 1.807) is 0 Å². The number of anilines is 2. The van der Waals surface area contributed by atoms with Crippen molar-refractivity contribution < 1.29 is 0 Å². The highest BCUT2D eigenvalue weighted by atomic mass is 15.0. The maximum absolute atomic E-state index is 3.65. The lowest BCUT2D eigenvalue weighted by molar-refractivity contribution is 0.660. The number of para-hydroxylation sites is 1. The van der Waals surface area contributed by atoms with E-state index in [2.05, 4.69) is 151 Å². The molecule has 0 amide bonds. The molecule has 0 aliphatic heterocycles. The number of hydrogen-bond donors (Lipinski definition) is 1. The smallest absolute Gasteiger partial charge is 0.0541 e. The number of benzene rings is 5. The van der Waals surface area contributed by atoms with Gasteiger partial charge in [0.05, 0.1) is 11.0 Å². The number of fused-ring (bicyclic) bond motifs is 6. The zero-order valence-electron chi connectivity index (χ0n) is 23.5. The van der Waals surface area contributed by atoms with E-state index >= 15 is 0 Å². The van der Waals surface area contributed by atoms with E-state index in [1.807, 2.05) is 0 Å². The van der Waals surface area contributed by atoms with Crippen LogP contribution in [-0.2, 0) is 5.41 Å². The molecule has 0 saturated carbocycles. The molecule has 0 saturated heterocycles. The van der Waals surface area contributed by atoms with Crippen molar-refractivity contribution >= 4 is 38.9 Å². The van der Waals surface area contributed by atoms with Gasteiger partial charge in [0, 0.05) is 33.3 Å². The summed E-state index contributed by atoms with van der Waals surface area (Å²) in [6, 6.07) is 40.1. The third kappa shape index (κ3) is 3.78. The van der Waals surface area contributed by atoms with Crippen molar-refractivity contribution in [3.05, 3.63) is 139 Å². The van der Waals surface area contributed by atoms with Gasteiger partial charge in [-0.25, -0.2) is 0 Å². The van der Waals surface area contributed by atoms with Gasteiger partial charge in [-0.2, -0.15) is 0 Å². The fourth-order valence-electron chi connectivity index (χ4n) is 6.89. The Balaban J connectivity index is 1.11. The van der Waals surface area contributed by atoms with Gasteiger partial charge in [-0.05, 0) is 94.8 Å². The molecule has 6 aromatic rings. The maximum atomic E-state index is 3.65. The summed E-state index contributed by atoms with van der Waals surface area (Å²) in [5.74, 6) is 0. The van der Waals surface area contributed by atoms with E-state index in [0.29, 0.717) is 0 Å². The number of aromatic nitrogens is 1. The summed E-state index contributed by atoms with van der Waals surface area (Å²) in [6.45, 7) is 4.65. The molecular weight excluding hydrogens is 496 g/mol. The van der Waals surface area contributed by atoms with Crippen LogP contribution in [0.4, 0.5) is 11.4 Å². The molecule has 1 heterocycles. The minimum Gasteiger partial charge on any atom is -0.356 e. The van der Waals surface area contributed by atoms with Crippen molar-refractivity contribution in [3.8, 4) is 22.3 Å². The average Bonchev–Trinajstić information content (AvgIpc) is 3.46. The first-order chi connectivity index (χ1) is 20.1. The third-order valence-corrected chi connectivity index (χ3v) is 9.00. The second-order valence-electron chi connectivity index (χ2n) is 11.8. The Morgan fingerprint density at radius 1 is 0.610 bits per heavy atom. The number of allylic oxidation sites excluding steroid dienone is 4. The van der Waals surface area contributed by atoms with Crippen molar-refractivity contribution in [3.63, 3.8) is 0 Å². The van der Waals surface area contributed by atoms with E-state index < -0.39 is 0 Å². The molecule has 0 unspecified atom stereocenters. The van der Waals surface area contributed by atoms with Crippen LogP contribution in [0.15, 0.2) is 127 Å². The monoisotopic (exact) mass is 528 g/mol. The zero-order chi connectivity index (χ0) is 27.6. The predicted molar refractivity (Wildman–Crippen MR) is 175 cm³/mol. The Morgan fingerprint density at radius 3 is 2.20 bits per heavy atom. The lowest BCUT2D eigenvalue weighted by atomic mass is 9.82. The predicted octanol–water partition coefficient (Wildman–Crippen LogP) is 10.7. The first kappa shape index (κ1) is 24.0. The molecule has 5 aromatic carbocycles. The van der Waals surface area contributed by atoms with Crippen LogP contribution in [0.1, 0.15) is 37.8 Å². The molecule has 1 N–H and O–H groups in total. The molecule has 2 nitrogen and oxygen atoms in total. The lowest BCUT2D eigenvalue weighted by Gasteiger charge is -2.22. The number of hydrogen-bond acceptors (Lipinski definition) is 1. The fourth-order valence-corrected chi connectivity index (χ4v) is 6.89. The summed E-state index contributed by atoms with van der Waals surface area (Å²) in [6.07, 6.45) is 9.11. The minimum absolute atomic E-state index is 0.000942. The quantitative estimate of drug-likeness (QED) is 0.241. The van der Waals surface area contributed by atoms with Gasteiger partial charge in [-0.3, -0.25) is 0 Å². The molecule has 2 heteroatoms. The van der Waals surface area contributed by atoms with Crippen LogP contribution in [0.3, 0.4) is 0 Å². The Morgan fingerprint density at radius 2 is 1.34 bits per heavy atom. The maximum Gasteiger partial charge on any atom is 0.0541 e. The van der Waals surface area contributed by atoms with Crippen molar-refractivity contribution in [1.29, 1.82) is 0 Å². The highest BCUT2D eigenvalue weighted by Gasteiger charge is 2.35. The number of nitrogens with one attached hydrogen (secondary N) is 1. The molecule has 198 valence electrons. The summed E-state index contributed by atoms with van der Waals surface area (Å²) in [7, 11) is 0. The van der Waals surface area contributed by atoms with Crippen LogP contribution in [0.2, 0.25) is 0 Å². The average molecular weight is 529 g/mol. The lowest BCUT2D eigenvalue weighted by Crippen LogP contribution is -2.15. The molecule has 1 aromatic heterocycles. The van der Waals surface area contributed by atoms with Gasteiger partial charge in [-0.1, -0.05) is 92.7 Å². The van der Waals surface area contributed by atoms with Crippen LogP contribution < -0.4 is 5.32 Å². The molecule has 41 heavy (non-hydrogen) atoms. The van der Waals surface area contributed by atoms with E-state index in [-0.39, 0.29) is 5.41 Å². The molecule has 0 atom stereocenters. The summed E-state index contributed by atoms with van der Waals surface area (Å²) >= 11 is 0. The summed E-state index contributed by atoms with van der Waals surface area (Å²) < 4.78 is 2.41. The molecule has 8 rings (SSSR count). The van der Waals surface area contributed by atoms with Gasteiger partial charge < -0.3 is 9.88 Å². The number of rotatable bonds is 4. The highest BCUT2D eigenvalue weighted by molar-refractivity contribution is 6.11. The van der Waals surface area contributed by atoms with Gasteiger partial charge in [-0.15, -0.1) is 0 Å². The van der Waals surface area contributed by atoms with Crippen molar-refractivity contribution in [1.82, 2.24) is 4.57 Å². The topological polar surface area (TPSA) is 17.0 Å². The van der Waals surface area contributed by atoms with Crippen molar-refractivity contribution in [2.45, 2.75) is 32.1 Å². The standard InChI is InChI=1S/C39H32N2/c1-39(2)35-14-8-6-12-31(35)32-22-21-29(25-36(32)39)40-28-19-16-26(17-20-28)27-18-23-38-34(24-27)33-13-7-9-15-37(33)41(38)30-10-4-3-5-11-30/h4,6-25,40H,3,5H2,1-2H3. The van der Waals surface area contributed by atoms with E-state index in [9.17, 15) is 0 Å². The SMILES string of the molecule is CC1(C)c2ccccc2-c2ccc(Nc3ccc(-c4ccc5c(c4)c4ccccc4n5C4=CCCC=C4)cc3)cc21. The molecular formula is C39H32N2. The van der Waals surface area contributed by atoms with Gasteiger partial charge in [0.15, 0.2) is 0 Å². The van der Waals surface area contributed by atoms with E-state index in [1.165, 1.54) is 60.9 Å². The molecule has 0 bridgehead atoms. The third-order valence-electron chi connectivity index (χ3n) is 9.00. The normalized spacial score (nSPS) is 15.1. The minimum atomic E-state index is -0.000942. The molecule has 2 aliphatic carbocycles. The highest BCUT2D eigenvalue weighted by Crippen LogP contribution is 2.49.